The molecule has 2 aromatic carbocycles. The summed E-state index contributed by atoms with van der Waals surface area (Å²) in [6.45, 7) is 2.96. The number of aliphatic hydroxyl groups is 1. The van der Waals surface area contributed by atoms with E-state index in [9.17, 15) is 10.2 Å². The van der Waals surface area contributed by atoms with Gasteiger partial charge in [-0.15, -0.1) is 0 Å². The molecule has 11 heteroatoms. The number of ketones is 1. The molecule has 12 unspecified atom stereocenters. The van der Waals surface area contributed by atoms with Crippen molar-refractivity contribution in [2.75, 3.05) is 40.2 Å². The smallest absolute Gasteiger partial charge is 0.207 e. The maximum absolute atomic E-state index is 15.5. The summed E-state index contributed by atoms with van der Waals surface area (Å²) in [5.74, 6) is 11.7. The molecule has 0 saturated heterocycles. The molecule has 354 valence electrons. The summed E-state index contributed by atoms with van der Waals surface area (Å²) in [5.41, 5.74) is 1.39. The molecule has 12 atom stereocenters. The molecule has 4 bridgehead atoms. The van der Waals surface area contributed by atoms with Crippen molar-refractivity contribution in [1.82, 2.24) is 10.6 Å². The van der Waals surface area contributed by atoms with E-state index in [-0.39, 0.29) is 40.6 Å². The summed E-state index contributed by atoms with van der Waals surface area (Å²) in [5, 5.41) is 31.6. The number of nitrogens with one attached hydrogen (secondary N) is 3. The van der Waals surface area contributed by atoms with E-state index in [2.05, 4.69) is 70.1 Å². The number of allylic oxidation sites excluding steroid dienone is 2. The number of phenols is 1. The normalized spacial score (nSPS) is 35.6. The number of methoxy groups -OCH3 is 2. The molecule has 5 N–H and O–H groups in total. The minimum absolute atomic E-state index is 0.0418. The summed E-state index contributed by atoms with van der Waals surface area (Å²) in [6.07, 6.45) is 22.3. The van der Waals surface area contributed by atoms with Crippen LogP contribution >= 0.6 is 0 Å². The highest BCUT2D eigenvalue weighted by Gasteiger charge is 2.58. The maximum Gasteiger partial charge on any atom is 0.207 e. The Bertz CT molecular complexity index is 2310. The van der Waals surface area contributed by atoms with Gasteiger partial charge in [0.2, 0.25) is 11.7 Å². The van der Waals surface area contributed by atoms with Crippen LogP contribution in [0.25, 0.3) is 0 Å². The summed E-state index contributed by atoms with van der Waals surface area (Å²) in [4.78, 5) is 20.2. The number of ether oxygens (including phenoxy) is 4. The van der Waals surface area contributed by atoms with E-state index in [1.54, 1.807) is 27.3 Å². The Balaban J connectivity index is 1.22. The van der Waals surface area contributed by atoms with E-state index in [1.165, 1.54) is 37.7 Å². The van der Waals surface area contributed by atoms with Crippen LogP contribution < -0.4 is 30.2 Å². The monoisotopic (exact) mass is 901 g/mol. The average molecular weight is 901 g/mol. The second kappa shape index (κ2) is 19.5. The highest BCUT2D eigenvalue weighted by atomic mass is 16.6. The Morgan fingerprint density at radius 1 is 1.02 bits per heavy atom. The van der Waals surface area contributed by atoms with Crippen LogP contribution in [-0.2, 0) is 21.4 Å². The molecule has 2 aliphatic heterocycles. The molecule has 7 aliphatic rings. The number of rotatable bonds is 9. The van der Waals surface area contributed by atoms with Gasteiger partial charge in [-0.2, -0.15) is 0 Å². The van der Waals surface area contributed by atoms with E-state index in [0.29, 0.717) is 79.1 Å². The Labute approximate surface area is 392 Å². The number of hydrogen-bond donors (Lipinski definition) is 5. The number of aromatic hydroxyl groups is 1. The van der Waals surface area contributed by atoms with Gasteiger partial charge in [-0.05, 0) is 160 Å². The molecule has 5 aliphatic carbocycles. The Hall–Kier alpha value is -4.68. The molecule has 1 spiro atoms. The second-order valence-corrected chi connectivity index (χ2v) is 21.0. The van der Waals surface area contributed by atoms with Crippen LogP contribution in [0.3, 0.4) is 0 Å². The number of aliphatic imine (C=N–C) groups is 1. The van der Waals surface area contributed by atoms with Gasteiger partial charge in [0, 0.05) is 56.8 Å². The molecule has 5 fully saturated rings. The Morgan fingerprint density at radius 2 is 1.86 bits per heavy atom. The lowest BCUT2D eigenvalue weighted by Gasteiger charge is -2.55. The number of phenolic OH excluding ortho intramolecular Hbond substituents is 1. The van der Waals surface area contributed by atoms with Gasteiger partial charge < -0.3 is 39.8 Å². The van der Waals surface area contributed by atoms with Gasteiger partial charge in [-0.3, -0.25) is 15.1 Å². The highest BCUT2D eigenvalue weighted by Crippen LogP contribution is 2.65. The van der Waals surface area contributed by atoms with Crippen molar-refractivity contribution >= 4 is 17.4 Å². The summed E-state index contributed by atoms with van der Waals surface area (Å²) in [6, 6.07) is 13.3. The van der Waals surface area contributed by atoms with Crippen molar-refractivity contribution in [3.63, 3.8) is 0 Å². The topological polar surface area (TPSA) is 143 Å². The minimum atomic E-state index is -0.863. The highest BCUT2D eigenvalue weighted by molar-refractivity contribution is 5.97. The lowest BCUT2D eigenvalue weighted by Crippen LogP contribution is -2.51. The predicted octanol–water partition coefficient (Wildman–Crippen LogP) is 8.87. The number of carbonyl (C=O) groups excluding carboxylic acids is 1. The number of anilines is 1. The van der Waals surface area contributed by atoms with Crippen LogP contribution in [0.2, 0.25) is 0 Å². The zero-order valence-electron chi connectivity index (χ0n) is 39.8. The van der Waals surface area contributed by atoms with Crippen LogP contribution in [0.4, 0.5) is 5.69 Å². The Morgan fingerprint density at radius 3 is 2.67 bits per heavy atom. The molecule has 5 saturated carbocycles. The molecule has 9 rings (SSSR count). The van der Waals surface area contributed by atoms with Crippen LogP contribution in [-0.4, -0.2) is 68.7 Å². The molecular weight excluding hydrogens is 829 g/mol. The second-order valence-electron chi connectivity index (χ2n) is 21.0. The van der Waals surface area contributed by atoms with Gasteiger partial charge in [-0.25, -0.2) is 0 Å². The standard InChI is InChI=1S/C55H72N4O7/c1-6-35-15-17-37-27-41-13-8-22-55(41)42-29-45(51-48(30-42)66-53(34-56-2)32-38(11-10-24-65-51)39(33-53)28-50(62)64-5)59-52(57-3)58-23-9-14-40-12-7-21-54(40,49(61)20-18-44(55)43(37)25-35)31-36-16-19-46(60)47(26-36)63-4/h16,18-20,26,29-30,35,37-41,43-44,50,56,60,62H,6-8,11-15,17,21-22,25,27-28,31-34H2,1-5H3,(H2,57,58,59). The van der Waals surface area contributed by atoms with Gasteiger partial charge in [0.1, 0.15) is 11.7 Å². The third kappa shape index (κ3) is 8.70. The van der Waals surface area contributed by atoms with Crippen LogP contribution in [0, 0.1) is 76.7 Å². The Kier molecular flexibility index (Phi) is 13.7. The van der Waals surface area contributed by atoms with E-state index in [4.69, 9.17) is 18.9 Å². The van der Waals surface area contributed by atoms with Crippen LogP contribution in [0.1, 0.15) is 121 Å². The maximum atomic E-state index is 15.5. The summed E-state index contributed by atoms with van der Waals surface area (Å²) in [7, 11) is 6.84. The molecule has 66 heavy (non-hydrogen) atoms. The molecule has 11 nitrogen and oxygen atoms in total. The number of carbonyl (C=O) groups is 1. The SMILES string of the molecule is CCC1CCC2CC3CCCC34c3cc(c5c(c3)OC3(CNC)CC(CC#CO5)C(CC(O)OC)C3)NC(=NC)NC#CCC3CCCC3(Cc3ccc(O)c(OC)c3)C(=O)C=CC4C2C1. The lowest BCUT2D eigenvalue weighted by atomic mass is 9.48. The van der Waals surface area contributed by atoms with Crippen molar-refractivity contribution in [1.29, 1.82) is 0 Å². The molecule has 0 amide bonds. The van der Waals surface area contributed by atoms with Crippen molar-refractivity contribution < 1.29 is 34.0 Å². The summed E-state index contributed by atoms with van der Waals surface area (Å²) < 4.78 is 24.9. The largest absolute Gasteiger partial charge is 0.504 e. The fourth-order valence-corrected chi connectivity index (χ4v) is 14.6. The molecule has 2 heterocycles. The fourth-order valence-electron chi connectivity index (χ4n) is 14.6. The van der Waals surface area contributed by atoms with E-state index >= 15 is 4.79 Å². The zero-order valence-corrected chi connectivity index (χ0v) is 39.8. The first-order chi connectivity index (χ1) is 32.1. The van der Waals surface area contributed by atoms with Gasteiger partial charge in [0.25, 0.3) is 0 Å². The number of fused-ring (bicyclic) bond motifs is 9. The van der Waals surface area contributed by atoms with Crippen molar-refractivity contribution in [3.05, 3.63) is 53.6 Å². The number of hydrogen-bond acceptors (Lipinski definition) is 9. The first-order valence-corrected chi connectivity index (χ1v) is 25.0. The number of benzene rings is 2. The number of likely N-dealkylation sites (N-methyl/N-ethyl adjacent to an activating group) is 1. The molecule has 0 radical (unpaired) electrons. The van der Waals surface area contributed by atoms with Crippen LogP contribution in [0.15, 0.2) is 47.5 Å². The van der Waals surface area contributed by atoms with Gasteiger partial charge in [0.15, 0.2) is 29.3 Å². The summed E-state index contributed by atoms with van der Waals surface area (Å²) >= 11 is 0. The van der Waals surface area contributed by atoms with Gasteiger partial charge >= 0.3 is 0 Å². The quantitative estimate of drug-likeness (QED) is 0.122. The first kappa shape index (κ1) is 46.4. The van der Waals surface area contributed by atoms with E-state index in [1.807, 2.05) is 25.3 Å². The minimum Gasteiger partial charge on any atom is -0.504 e. The van der Waals surface area contributed by atoms with Gasteiger partial charge in [-0.1, -0.05) is 56.6 Å². The number of guanidine groups is 1. The molecular formula is C55H72N4O7. The predicted molar refractivity (Wildman–Crippen MR) is 257 cm³/mol. The lowest BCUT2D eigenvalue weighted by molar-refractivity contribution is -0.125. The van der Waals surface area contributed by atoms with Gasteiger partial charge in [0.05, 0.1) is 12.8 Å². The third-order valence-electron chi connectivity index (χ3n) is 17.7. The fraction of sp³-hybridized carbons (Fsp3) is 0.636. The molecule has 2 aromatic rings. The zero-order chi connectivity index (χ0) is 46.1. The van der Waals surface area contributed by atoms with Crippen molar-refractivity contribution in [2.45, 2.75) is 133 Å². The van der Waals surface area contributed by atoms with E-state index < -0.39 is 17.3 Å². The van der Waals surface area contributed by atoms with Crippen molar-refractivity contribution in [2.24, 2.45) is 57.8 Å². The van der Waals surface area contributed by atoms with Crippen molar-refractivity contribution in [3.8, 4) is 47.0 Å². The van der Waals surface area contributed by atoms with E-state index in [0.717, 1.165) is 62.6 Å². The average Bonchev–Trinajstić information content (AvgIpc) is 4.03. The third-order valence-corrected chi connectivity index (χ3v) is 17.7. The number of aliphatic hydroxyl groups excluding tert-OH is 1. The van der Waals surface area contributed by atoms with Crippen LogP contribution in [0.5, 0.6) is 23.0 Å². The number of nitrogens with zero attached hydrogens (tertiary/aromatic N) is 1. The first-order valence-electron chi connectivity index (χ1n) is 25.0. The molecule has 0 aromatic heterocycles.